The Balaban J connectivity index is 1.64. The summed E-state index contributed by atoms with van der Waals surface area (Å²) in [4.78, 5) is 40.4. The molecule has 6 nitrogen and oxygen atoms in total. The van der Waals surface area contributed by atoms with Crippen LogP contribution in [0.2, 0.25) is 0 Å². The summed E-state index contributed by atoms with van der Waals surface area (Å²) >= 11 is 0. The Hall–Kier alpha value is -3.15. The molecule has 1 saturated heterocycles. The van der Waals surface area contributed by atoms with Gasteiger partial charge in [-0.1, -0.05) is 56.3 Å². The van der Waals surface area contributed by atoms with Gasteiger partial charge in [0, 0.05) is 12.1 Å². The Labute approximate surface area is 182 Å². The van der Waals surface area contributed by atoms with E-state index in [1.165, 1.54) is 11.1 Å². The Bertz CT molecular complexity index is 992. The minimum Gasteiger partial charge on any atom is -0.366 e. The Morgan fingerprint density at radius 1 is 1.06 bits per heavy atom. The number of hydrogen-bond acceptors (Lipinski definition) is 3. The van der Waals surface area contributed by atoms with Crippen molar-refractivity contribution in [1.29, 1.82) is 0 Å². The molecule has 2 aromatic rings. The highest BCUT2D eigenvalue weighted by Crippen LogP contribution is 2.32. The van der Waals surface area contributed by atoms with Gasteiger partial charge in [0.1, 0.15) is 12.1 Å². The first-order valence-corrected chi connectivity index (χ1v) is 10.9. The van der Waals surface area contributed by atoms with Crippen LogP contribution in [0.1, 0.15) is 47.3 Å². The number of carbonyl (C=O) groups excluding carboxylic acids is 3. The number of primary amides is 1. The van der Waals surface area contributed by atoms with E-state index in [1.807, 2.05) is 32.0 Å². The molecule has 4 rings (SSSR count). The van der Waals surface area contributed by atoms with Gasteiger partial charge in [0.25, 0.3) is 0 Å². The summed E-state index contributed by atoms with van der Waals surface area (Å²) in [6.07, 6.45) is 2.11. The predicted molar refractivity (Wildman–Crippen MR) is 118 cm³/mol. The molecule has 0 bridgehead atoms. The van der Waals surface area contributed by atoms with E-state index in [-0.39, 0.29) is 30.2 Å². The third kappa shape index (κ3) is 4.20. The smallest absolute Gasteiger partial charge is 0.249 e. The third-order valence-electron chi connectivity index (χ3n) is 6.40. The number of benzene rings is 2. The molecule has 2 unspecified atom stereocenters. The number of hydrogen-bond donors (Lipinski definition) is 2. The largest absolute Gasteiger partial charge is 0.366 e. The molecule has 3 amide bonds. The number of amides is 3. The average Bonchev–Trinajstić information content (AvgIpc) is 3.17. The molecule has 3 N–H and O–H groups in total. The van der Waals surface area contributed by atoms with E-state index in [0.717, 1.165) is 12.8 Å². The van der Waals surface area contributed by atoms with Crippen LogP contribution in [0.3, 0.4) is 0 Å². The fraction of sp³-hybridized carbons (Fsp3) is 0.400. The zero-order valence-electron chi connectivity index (χ0n) is 18.0. The number of piperazine rings is 1. The molecule has 0 aromatic heterocycles. The highest BCUT2D eigenvalue weighted by atomic mass is 16.2. The van der Waals surface area contributed by atoms with Crippen molar-refractivity contribution in [3.8, 4) is 0 Å². The van der Waals surface area contributed by atoms with Crippen molar-refractivity contribution >= 4 is 17.7 Å². The van der Waals surface area contributed by atoms with Crippen molar-refractivity contribution < 1.29 is 14.4 Å². The number of rotatable bonds is 6. The lowest BCUT2D eigenvalue weighted by Crippen LogP contribution is -2.65. The maximum atomic E-state index is 13.7. The molecule has 6 heteroatoms. The number of fused-ring (bicyclic) bond motifs is 1. The van der Waals surface area contributed by atoms with Crippen molar-refractivity contribution in [2.75, 3.05) is 0 Å². The summed E-state index contributed by atoms with van der Waals surface area (Å²) in [6, 6.07) is 14.1. The molecule has 2 atom stereocenters. The van der Waals surface area contributed by atoms with E-state index >= 15 is 0 Å². The highest BCUT2D eigenvalue weighted by molar-refractivity contribution is 5.98. The van der Waals surface area contributed by atoms with Gasteiger partial charge in [-0.05, 0) is 53.9 Å². The Kier molecular flexibility index (Phi) is 5.81. The summed E-state index contributed by atoms with van der Waals surface area (Å²) in [7, 11) is 0. The lowest BCUT2D eigenvalue weighted by molar-refractivity contribution is -0.152. The SMILES string of the molecule is CC(C)CC1C(=O)NC(C2Cc3ccccc3C2)C(=O)N1Cc1ccccc1C(N)=O. The first-order valence-electron chi connectivity index (χ1n) is 10.9. The molecule has 31 heavy (non-hydrogen) atoms. The topological polar surface area (TPSA) is 92.5 Å². The molecular weight excluding hydrogens is 390 g/mol. The van der Waals surface area contributed by atoms with Crippen LogP contribution in [-0.2, 0) is 29.0 Å². The Morgan fingerprint density at radius 3 is 2.29 bits per heavy atom. The van der Waals surface area contributed by atoms with Crippen molar-refractivity contribution in [3.05, 3.63) is 70.8 Å². The van der Waals surface area contributed by atoms with Crippen LogP contribution in [0.25, 0.3) is 0 Å². The monoisotopic (exact) mass is 419 g/mol. The van der Waals surface area contributed by atoms with E-state index < -0.39 is 18.0 Å². The van der Waals surface area contributed by atoms with Gasteiger partial charge in [-0.15, -0.1) is 0 Å². The van der Waals surface area contributed by atoms with Gasteiger partial charge in [-0.3, -0.25) is 14.4 Å². The van der Waals surface area contributed by atoms with Crippen molar-refractivity contribution in [2.24, 2.45) is 17.6 Å². The van der Waals surface area contributed by atoms with Crippen molar-refractivity contribution in [1.82, 2.24) is 10.2 Å². The maximum Gasteiger partial charge on any atom is 0.249 e. The zero-order valence-corrected chi connectivity index (χ0v) is 18.0. The van der Waals surface area contributed by atoms with Crippen LogP contribution >= 0.6 is 0 Å². The maximum absolute atomic E-state index is 13.7. The van der Waals surface area contributed by atoms with E-state index in [2.05, 4.69) is 17.4 Å². The lowest BCUT2D eigenvalue weighted by Gasteiger charge is -2.41. The van der Waals surface area contributed by atoms with Crippen LogP contribution in [0.15, 0.2) is 48.5 Å². The number of carbonyl (C=O) groups is 3. The second-order valence-electron chi connectivity index (χ2n) is 9.06. The zero-order chi connectivity index (χ0) is 22.1. The van der Waals surface area contributed by atoms with Crippen molar-refractivity contribution in [3.63, 3.8) is 0 Å². The minimum atomic E-state index is -0.566. The molecule has 2 aliphatic rings. The average molecular weight is 420 g/mol. The van der Waals surface area contributed by atoms with E-state index in [9.17, 15) is 14.4 Å². The molecule has 0 spiro atoms. The normalized spacial score (nSPS) is 21.3. The summed E-state index contributed by atoms with van der Waals surface area (Å²) in [5.41, 5.74) is 9.08. The molecule has 1 fully saturated rings. The highest BCUT2D eigenvalue weighted by Gasteiger charge is 2.45. The summed E-state index contributed by atoms with van der Waals surface area (Å²) < 4.78 is 0. The summed E-state index contributed by atoms with van der Waals surface area (Å²) in [6.45, 7) is 4.26. The molecule has 1 heterocycles. The standard InChI is InChI=1S/C25H29N3O3/c1-15(2)11-21-24(30)27-22(19-12-16-7-3-4-8-17(16)13-19)25(31)28(21)14-18-9-5-6-10-20(18)23(26)29/h3-10,15,19,21-22H,11-14H2,1-2H3,(H2,26,29)(H,27,30). The first-order chi connectivity index (χ1) is 14.8. The van der Waals surface area contributed by atoms with E-state index in [0.29, 0.717) is 17.5 Å². The quantitative estimate of drug-likeness (QED) is 0.753. The third-order valence-corrected chi connectivity index (χ3v) is 6.40. The summed E-state index contributed by atoms with van der Waals surface area (Å²) in [5.74, 6) is -0.465. The molecule has 1 aliphatic carbocycles. The molecule has 1 aliphatic heterocycles. The lowest BCUT2D eigenvalue weighted by atomic mass is 9.89. The number of nitrogens with two attached hydrogens (primary N) is 1. The van der Waals surface area contributed by atoms with Crippen molar-refractivity contribution in [2.45, 2.75) is 51.7 Å². The van der Waals surface area contributed by atoms with Crippen LogP contribution in [0.5, 0.6) is 0 Å². The molecule has 0 radical (unpaired) electrons. The first kappa shape index (κ1) is 21.1. The van der Waals surface area contributed by atoms with E-state index in [4.69, 9.17) is 5.73 Å². The molecule has 2 aromatic carbocycles. The minimum absolute atomic E-state index is 0.0303. The molecular formula is C25H29N3O3. The van der Waals surface area contributed by atoms with Gasteiger partial charge < -0.3 is 16.0 Å². The second kappa shape index (κ2) is 8.53. The van der Waals surface area contributed by atoms with Crippen LogP contribution < -0.4 is 11.1 Å². The van der Waals surface area contributed by atoms with Gasteiger partial charge in [0.15, 0.2) is 0 Å². The second-order valence-corrected chi connectivity index (χ2v) is 9.06. The van der Waals surface area contributed by atoms with Gasteiger partial charge >= 0.3 is 0 Å². The van der Waals surface area contributed by atoms with Crippen LogP contribution in [0.4, 0.5) is 0 Å². The van der Waals surface area contributed by atoms with E-state index in [1.54, 1.807) is 23.1 Å². The van der Waals surface area contributed by atoms with Gasteiger partial charge in [-0.2, -0.15) is 0 Å². The summed E-state index contributed by atoms with van der Waals surface area (Å²) in [5, 5.41) is 3.03. The fourth-order valence-corrected chi connectivity index (χ4v) is 4.88. The Morgan fingerprint density at radius 2 is 1.68 bits per heavy atom. The van der Waals surface area contributed by atoms with Crippen LogP contribution in [0, 0.1) is 11.8 Å². The van der Waals surface area contributed by atoms with Gasteiger partial charge in [0.2, 0.25) is 17.7 Å². The van der Waals surface area contributed by atoms with Gasteiger partial charge in [-0.25, -0.2) is 0 Å². The van der Waals surface area contributed by atoms with Crippen LogP contribution in [-0.4, -0.2) is 34.7 Å². The fourth-order valence-electron chi connectivity index (χ4n) is 4.88. The number of nitrogens with one attached hydrogen (secondary N) is 1. The molecule has 0 saturated carbocycles. The van der Waals surface area contributed by atoms with Gasteiger partial charge in [0.05, 0.1) is 0 Å². The number of nitrogens with zero attached hydrogens (tertiary/aromatic N) is 1. The predicted octanol–water partition coefficient (Wildman–Crippen LogP) is 2.44. The molecule has 162 valence electrons.